The van der Waals surface area contributed by atoms with Gasteiger partial charge in [0.25, 0.3) is 5.91 Å². The highest BCUT2D eigenvalue weighted by Crippen LogP contribution is 2.23. The Morgan fingerprint density at radius 2 is 1.82 bits per heavy atom. The molecule has 2 fully saturated rings. The monoisotopic (exact) mass is 402 g/mol. The molecule has 2 aromatic rings. The number of aromatic nitrogens is 2. The predicted octanol–water partition coefficient (Wildman–Crippen LogP) is 1.56. The van der Waals surface area contributed by atoms with Crippen LogP contribution in [0.5, 0.6) is 0 Å². The van der Waals surface area contributed by atoms with Crippen LogP contribution in [0.25, 0.3) is 5.69 Å². The lowest BCUT2D eigenvalue weighted by Crippen LogP contribution is -2.52. The lowest BCUT2D eigenvalue weighted by Gasteiger charge is -2.34. The lowest BCUT2D eigenvalue weighted by atomic mass is 10.0. The molecule has 0 aliphatic carbocycles. The Bertz CT molecular complexity index is 949. The van der Waals surface area contributed by atoms with Crippen molar-refractivity contribution >= 4 is 15.7 Å². The number of benzene rings is 1. The molecule has 2 saturated heterocycles. The molecule has 1 N–H and O–H groups in total. The summed E-state index contributed by atoms with van der Waals surface area (Å²) >= 11 is 0. The van der Waals surface area contributed by atoms with E-state index >= 15 is 0 Å². The molecule has 150 valence electrons. The lowest BCUT2D eigenvalue weighted by molar-refractivity contribution is 0.0894. The second-order valence-electron chi connectivity index (χ2n) is 7.74. The molecule has 4 rings (SSSR count). The van der Waals surface area contributed by atoms with Crippen LogP contribution in [-0.2, 0) is 9.84 Å². The van der Waals surface area contributed by atoms with Crippen molar-refractivity contribution in [2.24, 2.45) is 0 Å². The zero-order chi connectivity index (χ0) is 19.7. The van der Waals surface area contributed by atoms with Gasteiger partial charge in [-0.3, -0.25) is 9.69 Å². The molecule has 2 unspecified atom stereocenters. The highest BCUT2D eigenvalue weighted by atomic mass is 32.2. The summed E-state index contributed by atoms with van der Waals surface area (Å²) in [5.74, 6) is -0.199. The summed E-state index contributed by atoms with van der Waals surface area (Å²) in [5.41, 5.74) is 2.04. The number of carbonyl (C=O) groups excluding carboxylic acids is 1. The third kappa shape index (κ3) is 3.98. The van der Waals surface area contributed by atoms with Crippen LogP contribution in [0.2, 0.25) is 0 Å². The van der Waals surface area contributed by atoms with Crippen molar-refractivity contribution in [2.75, 3.05) is 24.6 Å². The number of nitrogens with one attached hydrogen (secondary N) is 1. The van der Waals surface area contributed by atoms with Crippen molar-refractivity contribution in [3.63, 3.8) is 0 Å². The van der Waals surface area contributed by atoms with Gasteiger partial charge in [0.2, 0.25) is 0 Å². The SMILES string of the molecule is Cc1cc(C(=O)NC2CS(=O)(=O)CC2N2CCCCC2)nn1-c1ccccc1. The Hall–Kier alpha value is -2.19. The van der Waals surface area contributed by atoms with Crippen molar-refractivity contribution in [1.29, 1.82) is 0 Å². The van der Waals surface area contributed by atoms with Gasteiger partial charge in [0.1, 0.15) is 0 Å². The molecule has 2 aliphatic heterocycles. The Kier molecular flexibility index (Phi) is 5.25. The number of hydrogen-bond donors (Lipinski definition) is 1. The molecule has 1 amide bonds. The van der Waals surface area contributed by atoms with E-state index in [9.17, 15) is 13.2 Å². The molecule has 3 heterocycles. The maximum absolute atomic E-state index is 12.8. The van der Waals surface area contributed by atoms with Crippen LogP contribution in [0.1, 0.15) is 35.4 Å². The van der Waals surface area contributed by atoms with Gasteiger partial charge in [0.15, 0.2) is 15.5 Å². The van der Waals surface area contributed by atoms with E-state index in [2.05, 4.69) is 15.3 Å². The van der Waals surface area contributed by atoms with Crippen molar-refractivity contribution in [1.82, 2.24) is 20.0 Å². The molecule has 0 bridgehead atoms. The summed E-state index contributed by atoms with van der Waals surface area (Å²) in [6, 6.07) is 10.8. The minimum absolute atomic E-state index is 0.00170. The van der Waals surface area contributed by atoms with Gasteiger partial charge in [-0.25, -0.2) is 13.1 Å². The minimum Gasteiger partial charge on any atom is -0.345 e. The van der Waals surface area contributed by atoms with Crippen LogP contribution >= 0.6 is 0 Å². The van der Waals surface area contributed by atoms with E-state index in [1.807, 2.05) is 37.3 Å². The highest BCUT2D eigenvalue weighted by Gasteiger charge is 2.42. The van der Waals surface area contributed by atoms with Crippen LogP contribution < -0.4 is 5.32 Å². The van der Waals surface area contributed by atoms with Gasteiger partial charge >= 0.3 is 0 Å². The summed E-state index contributed by atoms with van der Waals surface area (Å²) < 4.78 is 26.2. The number of amides is 1. The average molecular weight is 403 g/mol. The first-order valence-corrected chi connectivity index (χ1v) is 11.6. The number of aryl methyl sites for hydroxylation is 1. The number of rotatable bonds is 4. The van der Waals surface area contributed by atoms with E-state index in [1.54, 1.807) is 10.7 Å². The van der Waals surface area contributed by atoms with E-state index in [4.69, 9.17) is 0 Å². The van der Waals surface area contributed by atoms with Crippen molar-refractivity contribution in [2.45, 2.75) is 38.3 Å². The normalized spacial score (nSPS) is 24.9. The van der Waals surface area contributed by atoms with Gasteiger partial charge in [-0.1, -0.05) is 24.6 Å². The number of nitrogens with zero attached hydrogens (tertiary/aromatic N) is 3. The fourth-order valence-corrected chi connectivity index (χ4v) is 6.19. The first kappa shape index (κ1) is 19.1. The van der Waals surface area contributed by atoms with E-state index in [-0.39, 0.29) is 23.5 Å². The molecule has 2 aliphatic rings. The van der Waals surface area contributed by atoms with Crippen molar-refractivity contribution in [3.8, 4) is 5.69 Å². The summed E-state index contributed by atoms with van der Waals surface area (Å²) in [7, 11) is -3.15. The second-order valence-corrected chi connectivity index (χ2v) is 9.89. The maximum atomic E-state index is 12.8. The van der Waals surface area contributed by atoms with Gasteiger partial charge in [0, 0.05) is 11.7 Å². The average Bonchev–Trinajstić information content (AvgIpc) is 3.22. The fraction of sp³-hybridized carbons (Fsp3) is 0.500. The topological polar surface area (TPSA) is 84.3 Å². The van der Waals surface area contributed by atoms with Gasteiger partial charge in [-0.2, -0.15) is 5.10 Å². The number of sulfone groups is 1. The molecule has 0 radical (unpaired) electrons. The highest BCUT2D eigenvalue weighted by molar-refractivity contribution is 7.91. The zero-order valence-corrected chi connectivity index (χ0v) is 16.9. The first-order chi connectivity index (χ1) is 13.4. The number of carbonyl (C=O) groups is 1. The van der Waals surface area contributed by atoms with E-state index in [0.717, 1.165) is 37.3 Å². The van der Waals surface area contributed by atoms with Gasteiger partial charge in [-0.15, -0.1) is 0 Å². The number of piperidine rings is 1. The van der Waals surface area contributed by atoms with Crippen LogP contribution in [0.15, 0.2) is 36.4 Å². The number of hydrogen-bond acceptors (Lipinski definition) is 5. The summed E-state index contributed by atoms with van der Waals surface area (Å²) in [6.45, 7) is 3.69. The number of likely N-dealkylation sites (tertiary alicyclic amines) is 1. The predicted molar refractivity (Wildman–Crippen MR) is 107 cm³/mol. The third-order valence-electron chi connectivity index (χ3n) is 5.62. The quantitative estimate of drug-likeness (QED) is 0.839. The van der Waals surface area contributed by atoms with Crippen LogP contribution in [0.4, 0.5) is 0 Å². The zero-order valence-electron chi connectivity index (χ0n) is 16.0. The minimum atomic E-state index is -3.15. The van der Waals surface area contributed by atoms with Crippen LogP contribution in [0, 0.1) is 6.92 Å². The van der Waals surface area contributed by atoms with Crippen LogP contribution in [-0.4, -0.2) is 65.7 Å². The molecular weight excluding hydrogens is 376 g/mol. The van der Waals surface area contributed by atoms with Gasteiger partial charge < -0.3 is 5.32 Å². The molecule has 0 spiro atoms. The van der Waals surface area contributed by atoms with Crippen LogP contribution in [0.3, 0.4) is 0 Å². The smallest absolute Gasteiger partial charge is 0.272 e. The maximum Gasteiger partial charge on any atom is 0.272 e. The molecule has 2 atom stereocenters. The third-order valence-corrected chi connectivity index (χ3v) is 7.34. The van der Waals surface area contributed by atoms with Crippen molar-refractivity contribution in [3.05, 3.63) is 47.8 Å². The molecule has 28 heavy (non-hydrogen) atoms. The molecule has 7 nitrogen and oxygen atoms in total. The van der Waals surface area contributed by atoms with E-state index in [1.165, 1.54) is 6.42 Å². The standard InChI is InChI=1S/C20H26N4O3S/c1-15-12-17(22-24(15)16-8-4-2-5-9-16)20(25)21-18-13-28(26,27)14-19(18)23-10-6-3-7-11-23/h2,4-5,8-9,12,18-19H,3,6-7,10-11,13-14H2,1H3,(H,21,25). The summed E-state index contributed by atoms with van der Waals surface area (Å²) in [4.78, 5) is 15.1. The second kappa shape index (κ2) is 7.67. The Balaban J connectivity index is 1.52. The largest absolute Gasteiger partial charge is 0.345 e. The Labute approximate surface area is 165 Å². The van der Waals surface area contributed by atoms with E-state index < -0.39 is 15.9 Å². The fourth-order valence-electron chi connectivity index (χ4n) is 4.24. The molecule has 0 saturated carbocycles. The molecular formula is C20H26N4O3S. The molecule has 1 aromatic heterocycles. The first-order valence-electron chi connectivity index (χ1n) is 9.80. The van der Waals surface area contributed by atoms with Crippen molar-refractivity contribution < 1.29 is 13.2 Å². The summed E-state index contributed by atoms with van der Waals surface area (Å²) in [6.07, 6.45) is 3.35. The number of para-hydroxylation sites is 1. The van der Waals surface area contributed by atoms with Gasteiger partial charge in [0.05, 0.1) is 23.2 Å². The molecule has 1 aromatic carbocycles. The molecule has 8 heteroatoms. The van der Waals surface area contributed by atoms with E-state index in [0.29, 0.717) is 5.69 Å². The van der Waals surface area contributed by atoms with Gasteiger partial charge in [-0.05, 0) is 51.1 Å². The summed E-state index contributed by atoms with van der Waals surface area (Å²) in [5, 5.41) is 7.39. The Morgan fingerprint density at radius 3 is 2.54 bits per heavy atom. The Morgan fingerprint density at radius 1 is 1.11 bits per heavy atom.